The van der Waals surface area contributed by atoms with Gasteiger partial charge >= 0.3 is 0 Å². The summed E-state index contributed by atoms with van der Waals surface area (Å²) < 4.78 is 5.24. The van der Waals surface area contributed by atoms with E-state index < -0.39 is 0 Å². The number of nitrogens with zero attached hydrogens (tertiary/aromatic N) is 1. The van der Waals surface area contributed by atoms with Crippen LogP contribution in [-0.2, 0) is 6.54 Å². The number of hydrogen-bond donors (Lipinski definition) is 1. The molecule has 0 bridgehead atoms. The fourth-order valence-electron chi connectivity index (χ4n) is 2.14. The molecule has 0 aromatic heterocycles. The standard InChI is InChI=1S/C13H19ClN2O.ClH/c1-10-8-15-5-6-16(10)9-11-7-12(17-2)3-4-13(11)14;/h3-4,7,10,15H,5-6,8-9H2,1-2H3;1H/t10-;/m0./s1. The summed E-state index contributed by atoms with van der Waals surface area (Å²) in [5.74, 6) is 0.868. The summed E-state index contributed by atoms with van der Waals surface area (Å²) in [6.07, 6.45) is 0. The quantitative estimate of drug-likeness (QED) is 0.926. The molecule has 3 nitrogen and oxygen atoms in total. The second kappa shape index (κ2) is 7.19. The maximum absolute atomic E-state index is 6.22. The number of methoxy groups -OCH3 is 1. The first-order valence-corrected chi connectivity index (χ1v) is 6.35. The Morgan fingerprint density at radius 2 is 2.28 bits per heavy atom. The summed E-state index contributed by atoms with van der Waals surface area (Å²) in [5.41, 5.74) is 1.14. The molecule has 1 saturated heterocycles. The van der Waals surface area contributed by atoms with E-state index in [-0.39, 0.29) is 12.4 Å². The summed E-state index contributed by atoms with van der Waals surface area (Å²) in [7, 11) is 1.68. The van der Waals surface area contributed by atoms with Crippen LogP contribution in [0.3, 0.4) is 0 Å². The molecule has 0 spiro atoms. The van der Waals surface area contributed by atoms with Gasteiger partial charge in [0.25, 0.3) is 0 Å². The highest BCUT2D eigenvalue weighted by molar-refractivity contribution is 6.31. The second-order valence-corrected chi connectivity index (χ2v) is 4.89. The Hall–Kier alpha value is -0.480. The number of benzene rings is 1. The van der Waals surface area contributed by atoms with Gasteiger partial charge in [0.05, 0.1) is 7.11 Å². The fraction of sp³-hybridized carbons (Fsp3) is 0.538. The minimum Gasteiger partial charge on any atom is -0.497 e. The van der Waals surface area contributed by atoms with E-state index in [4.69, 9.17) is 16.3 Å². The summed E-state index contributed by atoms with van der Waals surface area (Å²) in [6, 6.07) is 6.37. The van der Waals surface area contributed by atoms with E-state index in [9.17, 15) is 0 Å². The van der Waals surface area contributed by atoms with Crippen molar-refractivity contribution in [2.24, 2.45) is 0 Å². The fourth-order valence-corrected chi connectivity index (χ4v) is 2.31. The van der Waals surface area contributed by atoms with Crippen molar-refractivity contribution >= 4 is 24.0 Å². The van der Waals surface area contributed by atoms with Gasteiger partial charge in [0.1, 0.15) is 5.75 Å². The summed E-state index contributed by atoms with van der Waals surface area (Å²) in [6.45, 7) is 6.28. The van der Waals surface area contributed by atoms with Gasteiger partial charge in [0, 0.05) is 37.2 Å². The molecule has 18 heavy (non-hydrogen) atoms. The highest BCUT2D eigenvalue weighted by Crippen LogP contribution is 2.24. The number of halogens is 2. The van der Waals surface area contributed by atoms with Gasteiger partial charge < -0.3 is 10.1 Å². The molecule has 0 unspecified atom stereocenters. The van der Waals surface area contributed by atoms with Gasteiger partial charge in [-0.05, 0) is 30.7 Å². The van der Waals surface area contributed by atoms with Gasteiger partial charge in [-0.25, -0.2) is 0 Å². The zero-order chi connectivity index (χ0) is 12.3. The van der Waals surface area contributed by atoms with Crippen LogP contribution in [0.25, 0.3) is 0 Å². The molecule has 102 valence electrons. The number of hydrogen-bond acceptors (Lipinski definition) is 3. The van der Waals surface area contributed by atoms with Gasteiger partial charge in [-0.2, -0.15) is 0 Å². The van der Waals surface area contributed by atoms with Gasteiger partial charge in [0.15, 0.2) is 0 Å². The average Bonchev–Trinajstić information content (AvgIpc) is 2.35. The maximum atomic E-state index is 6.22. The largest absolute Gasteiger partial charge is 0.497 e. The molecule has 0 radical (unpaired) electrons. The van der Waals surface area contributed by atoms with Crippen molar-refractivity contribution in [1.82, 2.24) is 10.2 Å². The molecule has 1 fully saturated rings. The molecule has 1 N–H and O–H groups in total. The molecule has 5 heteroatoms. The van der Waals surface area contributed by atoms with Crippen molar-refractivity contribution in [3.8, 4) is 5.75 Å². The first-order chi connectivity index (χ1) is 8.20. The lowest BCUT2D eigenvalue weighted by atomic mass is 10.1. The smallest absolute Gasteiger partial charge is 0.119 e. The molecular weight excluding hydrogens is 271 g/mol. The van der Waals surface area contributed by atoms with Crippen LogP contribution in [0.2, 0.25) is 5.02 Å². The second-order valence-electron chi connectivity index (χ2n) is 4.48. The Bertz CT molecular complexity index is 387. The van der Waals surface area contributed by atoms with Crippen molar-refractivity contribution in [2.45, 2.75) is 19.5 Å². The van der Waals surface area contributed by atoms with Crippen molar-refractivity contribution in [2.75, 3.05) is 26.7 Å². The van der Waals surface area contributed by atoms with Crippen LogP contribution < -0.4 is 10.1 Å². The van der Waals surface area contributed by atoms with Crippen LogP contribution in [0.15, 0.2) is 18.2 Å². The molecule has 0 aliphatic carbocycles. The van der Waals surface area contributed by atoms with Crippen molar-refractivity contribution in [1.29, 1.82) is 0 Å². The van der Waals surface area contributed by atoms with Gasteiger partial charge in [0.2, 0.25) is 0 Å². The van der Waals surface area contributed by atoms with Crippen molar-refractivity contribution in [3.05, 3.63) is 28.8 Å². The first kappa shape index (κ1) is 15.6. The van der Waals surface area contributed by atoms with Crippen LogP contribution in [0, 0.1) is 0 Å². The molecule has 1 aromatic rings. The maximum Gasteiger partial charge on any atom is 0.119 e. The minimum absolute atomic E-state index is 0. The molecule has 1 aromatic carbocycles. The van der Waals surface area contributed by atoms with Crippen LogP contribution in [0.5, 0.6) is 5.75 Å². The van der Waals surface area contributed by atoms with Crippen molar-refractivity contribution < 1.29 is 4.74 Å². The molecule has 1 aliphatic heterocycles. The average molecular weight is 291 g/mol. The Morgan fingerprint density at radius 3 is 2.94 bits per heavy atom. The van der Waals surface area contributed by atoms with E-state index >= 15 is 0 Å². The predicted molar refractivity (Wildman–Crippen MR) is 78.0 cm³/mol. The third-order valence-corrected chi connectivity index (χ3v) is 3.63. The van der Waals surface area contributed by atoms with E-state index in [1.165, 1.54) is 0 Å². The van der Waals surface area contributed by atoms with Crippen LogP contribution in [0.1, 0.15) is 12.5 Å². The lowest BCUT2D eigenvalue weighted by Gasteiger charge is -2.34. The van der Waals surface area contributed by atoms with Crippen molar-refractivity contribution in [3.63, 3.8) is 0 Å². The summed E-state index contributed by atoms with van der Waals surface area (Å²) in [4.78, 5) is 2.44. The molecule has 0 amide bonds. The number of ether oxygens (including phenoxy) is 1. The highest BCUT2D eigenvalue weighted by Gasteiger charge is 2.18. The van der Waals surface area contributed by atoms with Gasteiger partial charge in [-0.1, -0.05) is 11.6 Å². The zero-order valence-electron chi connectivity index (χ0n) is 10.8. The summed E-state index contributed by atoms with van der Waals surface area (Å²) in [5, 5.41) is 4.20. The van der Waals surface area contributed by atoms with Crippen LogP contribution in [-0.4, -0.2) is 37.7 Å². The Balaban J connectivity index is 0.00000162. The lowest BCUT2D eigenvalue weighted by Crippen LogP contribution is -2.49. The Morgan fingerprint density at radius 1 is 1.50 bits per heavy atom. The third-order valence-electron chi connectivity index (χ3n) is 3.27. The molecule has 1 atom stereocenters. The number of rotatable bonds is 3. The molecule has 1 aliphatic rings. The monoisotopic (exact) mass is 290 g/mol. The van der Waals surface area contributed by atoms with E-state index in [2.05, 4.69) is 17.1 Å². The first-order valence-electron chi connectivity index (χ1n) is 5.98. The van der Waals surface area contributed by atoms with E-state index in [1.54, 1.807) is 7.11 Å². The summed E-state index contributed by atoms with van der Waals surface area (Å²) >= 11 is 6.22. The van der Waals surface area contributed by atoms with Crippen LogP contribution >= 0.6 is 24.0 Å². The van der Waals surface area contributed by atoms with E-state index in [1.807, 2.05) is 18.2 Å². The molecule has 1 heterocycles. The topological polar surface area (TPSA) is 24.5 Å². The highest BCUT2D eigenvalue weighted by atomic mass is 35.5. The molecule has 2 rings (SSSR count). The number of piperazine rings is 1. The minimum atomic E-state index is 0. The van der Waals surface area contributed by atoms with E-state index in [0.717, 1.165) is 42.5 Å². The lowest BCUT2D eigenvalue weighted by molar-refractivity contribution is 0.165. The van der Waals surface area contributed by atoms with Gasteiger partial charge in [-0.3, -0.25) is 4.90 Å². The molecular formula is C13H20Cl2N2O. The third kappa shape index (κ3) is 3.75. The Labute approximate surface area is 120 Å². The van der Waals surface area contributed by atoms with Crippen LogP contribution in [0.4, 0.5) is 0 Å². The predicted octanol–water partition coefficient (Wildman–Crippen LogP) is 2.56. The normalized spacial score (nSPS) is 20.3. The van der Waals surface area contributed by atoms with Gasteiger partial charge in [-0.15, -0.1) is 12.4 Å². The molecule has 0 saturated carbocycles. The SMILES string of the molecule is COc1ccc(Cl)c(CN2CCNC[C@@H]2C)c1.Cl. The Kier molecular flexibility index (Phi) is 6.22. The number of nitrogens with one attached hydrogen (secondary N) is 1. The zero-order valence-corrected chi connectivity index (χ0v) is 12.4. The van der Waals surface area contributed by atoms with E-state index in [0.29, 0.717) is 6.04 Å².